The molecule has 2 heterocycles. The van der Waals surface area contributed by atoms with Gasteiger partial charge in [0, 0.05) is 6.54 Å². The zero-order valence-corrected chi connectivity index (χ0v) is 8.80. The fourth-order valence-corrected chi connectivity index (χ4v) is 2.41. The van der Waals surface area contributed by atoms with Gasteiger partial charge in [0.2, 0.25) is 0 Å². The predicted molar refractivity (Wildman–Crippen MR) is 57.4 cm³/mol. The van der Waals surface area contributed by atoms with Crippen molar-refractivity contribution in [1.29, 1.82) is 0 Å². The molecule has 0 unspecified atom stereocenters. The average molecular weight is 219 g/mol. The number of aliphatic hydroxyl groups excluding tert-OH is 1. The molecule has 3 rings (SSSR count). The topological polar surface area (TPSA) is 49.8 Å². The molecule has 4 nitrogen and oxygen atoms in total. The van der Waals surface area contributed by atoms with Crippen molar-refractivity contribution in [1.82, 2.24) is 4.90 Å². The summed E-state index contributed by atoms with van der Waals surface area (Å²) >= 11 is 0. The first-order chi connectivity index (χ1) is 7.75. The number of fused-ring (bicyclic) bond motifs is 2. The Morgan fingerprint density at radius 3 is 3.06 bits per heavy atom. The van der Waals surface area contributed by atoms with Crippen LogP contribution in [-0.4, -0.2) is 41.2 Å². The van der Waals surface area contributed by atoms with Gasteiger partial charge < -0.3 is 14.7 Å². The van der Waals surface area contributed by atoms with Crippen LogP contribution in [0.3, 0.4) is 0 Å². The van der Waals surface area contributed by atoms with E-state index in [1.165, 1.54) is 0 Å². The molecule has 0 spiro atoms. The van der Waals surface area contributed by atoms with Crippen molar-refractivity contribution >= 4 is 5.91 Å². The molecule has 4 heteroatoms. The number of amides is 1. The van der Waals surface area contributed by atoms with E-state index in [9.17, 15) is 9.90 Å². The molecule has 16 heavy (non-hydrogen) atoms. The molecule has 0 bridgehead atoms. The lowest BCUT2D eigenvalue weighted by molar-refractivity contribution is 0.0710. The molecule has 2 aliphatic rings. The Balaban J connectivity index is 2.00. The Labute approximate surface area is 93.4 Å². The minimum atomic E-state index is -0.414. The Morgan fingerprint density at radius 2 is 2.19 bits per heavy atom. The van der Waals surface area contributed by atoms with Crippen LogP contribution in [-0.2, 0) is 0 Å². The summed E-state index contributed by atoms with van der Waals surface area (Å²) in [7, 11) is 0. The highest BCUT2D eigenvalue weighted by molar-refractivity contribution is 5.97. The van der Waals surface area contributed by atoms with E-state index in [1.54, 1.807) is 11.0 Å². The van der Waals surface area contributed by atoms with Crippen molar-refractivity contribution in [3.63, 3.8) is 0 Å². The van der Waals surface area contributed by atoms with Gasteiger partial charge in [-0.1, -0.05) is 12.1 Å². The van der Waals surface area contributed by atoms with Crippen LogP contribution < -0.4 is 4.74 Å². The minimum absolute atomic E-state index is 0.00917. The maximum atomic E-state index is 12.2. The van der Waals surface area contributed by atoms with E-state index < -0.39 is 6.10 Å². The SMILES string of the molecule is O=C1c2ccccc2OC[C@@H]2C[C@@H](O)CN12. The summed E-state index contributed by atoms with van der Waals surface area (Å²) in [5.74, 6) is 0.617. The monoisotopic (exact) mass is 219 g/mol. The fraction of sp³-hybridized carbons (Fsp3) is 0.417. The van der Waals surface area contributed by atoms with Crippen molar-refractivity contribution in [3.8, 4) is 5.75 Å². The van der Waals surface area contributed by atoms with Crippen molar-refractivity contribution in [2.24, 2.45) is 0 Å². The summed E-state index contributed by atoms with van der Waals surface area (Å²) in [4.78, 5) is 13.9. The van der Waals surface area contributed by atoms with Crippen LogP contribution in [0.4, 0.5) is 0 Å². The number of ether oxygens (including phenoxy) is 1. The number of para-hydroxylation sites is 1. The summed E-state index contributed by atoms with van der Waals surface area (Å²) in [6, 6.07) is 7.27. The van der Waals surface area contributed by atoms with E-state index in [0.717, 1.165) is 0 Å². The van der Waals surface area contributed by atoms with Gasteiger partial charge in [0.15, 0.2) is 0 Å². The second kappa shape index (κ2) is 3.49. The zero-order chi connectivity index (χ0) is 11.1. The molecule has 0 aromatic heterocycles. The summed E-state index contributed by atoms with van der Waals surface area (Å²) in [6.07, 6.45) is 0.197. The second-order valence-corrected chi connectivity index (χ2v) is 4.31. The molecular formula is C12H13NO3. The number of hydrogen-bond acceptors (Lipinski definition) is 3. The minimum Gasteiger partial charge on any atom is -0.491 e. The number of hydrogen-bond donors (Lipinski definition) is 1. The van der Waals surface area contributed by atoms with Crippen molar-refractivity contribution in [3.05, 3.63) is 29.8 Å². The zero-order valence-electron chi connectivity index (χ0n) is 8.80. The molecule has 1 saturated heterocycles. The summed E-state index contributed by atoms with van der Waals surface area (Å²) in [6.45, 7) is 0.890. The Kier molecular flexibility index (Phi) is 2.11. The van der Waals surface area contributed by atoms with Gasteiger partial charge in [-0.05, 0) is 18.6 Å². The smallest absolute Gasteiger partial charge is 0.258 e. The molecule has 1 aromatic rings. The summed E-state index contributed by atoms with van der Waals surface area (Å²) < 4.78 is 5.61. The van der Waals surface area contributed by atoms with Crippen LogP contribution in [0, 0.1) is 0 Å². The molecule has 1 aromatic carbocycles. The predicted octanol–water partition coefficient (Wildman–Crippen LogP) is 0.654. The molecule has 2 aliphatic heterocycles. The van der Waals surface area contributed by atoms with E-state index >= 15 is 0 Å². The lowest BCUT2D eigenvalue weighted by Crippen LogP contribution is -2.36. The van der Waals surface area contributed by atoms with Crippen LogP contribution in [0.2, 0.25) is 0 Å². The maximum Gasteiger partial charge on any atom is 0.258 e. The maximum absolute atomic E-state index is 12.2. The lowest BCUT2D eigenvalue weighted by atomic mass is 10.2. The molecule has 1 N–H and O–H groups in total. The van der Waals surface area contributed by atoms with Gasteiger partial charge in [-0.2, -0.15) is 0 Å². The largest absolute Gasteiger partial charge is 0.491 e. The van der Waals surface area contributed by atoms with Gasteiger partial charge in [0.25, 0.3) is 5.91 Å². The molecule has 0 saturated carbocycles. The van der Waals surface area contributed by atoms with E-state index in [1.807, 2.05) is 18.2 Å². The number of carbonyl (C=O) groups is 1. The van der Waals surface area contributed by atoms with E-state index in [0.29, 0.717) is 30.9 Å². The number of carbonyl (C=O) groups excluding carboxylic acids is 1. The van der Waals surface area contributed by atoms with E-state index in [4.69, 9.17) is 4.74 Å². The molecular weight excluding hydrogens is 206 g/mol. The van der Waals surface area contributed by atoms with Gasteiger partial charge in [-0.25, -0.2) is 0 Å². The highest BCUT2D eigenvalue weighted by Gasteiger charge is 2.38. The number of nitrogens with zero attached hydrogens (tertiary/aromatic N) is 1. The van der Waals surface area contributed by atoms with Crippen molar-refractivity contribution in [2.75, 3.05) is 13.2 Å². The van der Waals surface area contributed by atoms with Crippen molar-refractivity contribution < 1.29 is 14.6 Å². The Hall–Kier alpha value is -1.55. The number of rotatable bonds is 0. The average Bonchev–Trinajstić information content (AvgIpc) is 2.62. The van der Waals surface area contributed by atoms with Crippen LogP contribution >= 0.6 is 0 Å². The third-order valence-electron chi connectivity index (χ3n) is 3.20. The van der Waals surface area contributed by atoms with Crippen LogP contribution in [0.1, 0.15) is 16.8 Å². The first-order valence-electron chi connectivity index (χ1n) is 5.46. The fourth-order valence-electron chi connectivity index (χ4n) is 2.41. The first-order valence-corrected chi connectivity index (χ1v) is 5.46. The van der Waals surface area contributed by atoms with Crippen LogP contribution in [0.15, 0.2) is 24.3 Å². The third kappa shape index (κ3) is 1.38. The third-order valence-corrected chi connectivity index (χ3v) is 3.20. The standard InChI is InChI=1S/C12H13NO3/c14-9-5-8-7-16-11-4-2-1-3-10(11)12(15)13(8)6-9/h1-4,8-9,14H,5-7H2/t8-,9+/m0/s1. The number of benzene rings is 1. The van der Waals surface area contributed by atoms with Gasteiger partial charge in [-0.3, -0.25) is 4.79 Å². The molecule has 84 valence electrons. The van der Waals surface area contributed by atoms with E-state index in [2.05, 4.69) is 0 Å². The van der Waals surface area contributed by atoms with Gasteiger partial charge in [0.05, 0.1) is 17.7 Å². The quantitative estimate of drug-likeness (QED) is 0.697. The molecule has 1 amide bonds. The second-order valence-electron chi connectivity index (χ2n) is 4.31. The molecule has 1 fully saturated rings. The molecule has 2 atom stereocenters. The molecule has 0 aliphatic carbocycles. The normalized spacial score (nSPS) is 28.1. The summed E-state index contributed by atoms with van der Waals surface area (Å²) in [5, 5.41) is 9.57. The van der Waals surface area contributed by atoms with Crippen LogP contribution in [0.25, 0.3) is 0 Å². The Bertz CT molecular complexity index is 432. The van der Waals surface area contributed by atoms with Gasteiger partial charge >= 0.3 is 0 Å². The van der Waals surface area contributed by atoms with Crippen LogP contribution in [0.5, 0.6) is 5.75 Å². The van der Waals surface area contributed by atoms with Gasteiger partial charge in [-0.15, -0.1) is 0 Å². The van der Waals surface area contributed by atoms with Crippen molar-refractivity contribution in [2.45, 2.75) is 18.6 Å². The summed E-state index contributed by atoms with van der Waals surface area (Å²) in [5.41, 5.74) is 0.596. The Morgan fingerprint density at radius 1 is 1.38 bits per heavy atom. The molecule has 0 radical (unpaired) electrons. The first kappa shape index (κ1) is 9.66. The van der Waals surface area contributed by atoms with E-state index in [-0.39, 0.29) is 11.9 Å². The number of aliphatic hydroxyl groups is 1. The highest BCUT2D eigenvalue weighted by atomic mass is 16.5. The lowest BCUT2D eigenvalue weighted by Gasteiger charge is -2.20. The van der Waals surface area contributed by atoms with Gasteiger partial charge in [0.1, 0.15) is 12.4 Å². The highest BCUT2D eigenvalue weighted by Crippen LogP contribution is 2.29.